The van der Waals surface area contributed by atoms with Crippen LogP contribution in [0.4, 0.5) is 5.69 Å². The predicted molar refractivity (Wildman–Crippen MR) is 108 cm³/mol. The fourth-order valence-corrected chi connectivity index (χ4v) is 3.57. The van der Waals surface area contributed by atoms with E-state index < -0.39 is 15.8 Å². The fraction of sp³-hybridized carbons (Fsp3) is 0. The summed E-state index contributed by atoms with van der Waals surface area (Å²) in [6.45, 7) is 0. The standard InChI is InChI=1S/C21H17NO6S/c23-17-8-10-18(11-9-17)29(27,28)22-16-5-1-4-15(13-16)19(24)12-7-14-3-2-6-20(25)21(14)26/h1-13,22-23,25-26H. The minimum Gasteiger partial charge on any atom is -0.508 e. The molecule has 0 aliphatic rings. The second-order valence-electron chi connectivity index (χ2n) is 6.09. The number of para-hydroxylation sites is 1. The second-order valence-corrected chi connectivity index (χ2v) is 7.78. The molecular formula is C21H17NO6S. The molecule has 0 aromatic heterocycles. The van der Waals surface area contributed by atoms with E-state index in [0.29, 0.717) is 0 Å². The van der Waals surface area contributed by atoms with Crippen LogP contribution >= 0.6 is 0 Å². The number of aromatic hydroxyl groups is 3. The van der Waals surface area contributed by atoms with E-state index in [1.54, 1.807) is 0 Å². The van der Waals surface area contributed by atoms with E-state index in [4.69, 9.17) is 0 Å². The number of hydrogen-bond donors (Lipinski definition) is 4. The molecule has 0 bridgehead atoms. The Hall–Kier alpha value is -3.78. The first kappa shape index (κ1) is 20.0. The van der Waals surface area contributed by atoms with Crippen LogP contribution in [0, 0.1) is 0 Å². The lowest BCUT2D eigenvalue weighted by molar-refractivity contribution is 0.104. The summed E-state index contributed by atoms with van der Waals surface area (Å²) in [6.07, 6.45) is 2.56. The lowest BCUT2D eigenvalue weighted by atomic mass is 10.1. The highest BCUT2D eigenvalue weighted by Gasteiger charge is 2.15. The Bertz CT molecular complexity index is 1180. The van der Waals surface area contributed by atoms with Gasteiger partial charge in [-0.05, 0) is 54.6 Å². The van der Waals surface area contributed by atoms with Crippen LogP contribution in [0.25, 0.3) is 6.08 Å². The Morgan fingerprint density at radius 2 is 1.59 bits per heavy atom. The first-order valence-electron chi connectivity index (χ1n) is 8.41. The number of ketones is 1. The van der Waals surface area contributed by atoms with Gasteiger partial charge in [0.1, 0.15) is 5.75 Å². The molecule has 4 N–H and O–H groups in total. The number of nitrogens with one attached hydrogen (secondary N) is 1. The molecule has 0 spiro atoms. The van der Waals surface area contributed by atoms with Gasteiger partial charge in [-0.1, -0.05) is 24.3 Å². The first-order chi connectivity index (χ1) is 13.8. The molecule has 8 heteroatoms. The van der Waals surface area contributed by atoms with Crippen molar-refractivity contribution in [3.05, 3.63) is 83.9 Å². The lowest BCUT2D eigenvalue weighted by Gasteiger charge is -2.09. The maximum absolute atomic E-state index is 12.4. The minimum absolute atomic E-state index is 0.0358. The zero-order valence-corrected chi connectivity index (χ0v) is 15.8. The molecule has 0 saturated carbocycles. The highest BCUT2D eigenvalue weighted by atomic mass is 32.2. The summed E-state index contributed by atoms with van der Waals surface area (Å²) in [5.41, 5.74) is 0.687. The number of carbonyl (C=O) groups excluding carboxylic acids is 1. The zero-order chi connectivity index (χ0) is 21.0. The van der Waals surface area contributed by atoms with Gasteiger partial charge in [0.2, 0.25) is 0 Å². The smallest absolute Gasteiger partial charge is 0.261 e. The summed E-state index contributed by atoms with van der Waals surface area (Å²) >= 11 is 0. The van der Waals surface area contributed by atoms with Crippen LogP contribution in [0.1, 0.15) is 15.9 Å². The van der Waals surface area contributed by atoms with Crippen LogP contribution in [0.3, 0.4) is 0 Å². The maximum Gasteiger partial charge on any atom is 0.261 e. The van der Waals surface area contributed by atoms with Crippen molar-refractivity contribution < 1.29 is 28.5 Å². The normalized spacial score (nSPS) is 11.4. The van der Waals surface area contributed by atoms with Gasteiger partial charge in [-0.3, -0.25) is 9.52 Å². The predicted octanol–water partition coefficient (Wildman–Crippen LogP) is 3.50. The Morgan fingerprint density at radius 3 is 2.31 bits per heavy atom. The molecule has 29 heavy (non-hydrogen) atoms. The number of anilines is 1. The van der Waals surface area contributed by atoms with E-state index in [2.05, 4.69) is 4.72 Å². The van der Waals surface area contributed by atoms with Gasteiger partial charge in [0, 0.05) is 16.8 Å². The van der Waals surface area contributed by atoms with Crippen molar-refractivity contribution in [1.29, 1.82) is 0 Å². The van der Waals surface area contributed by atoms with E-state index in [1.165, 1.54) is 78.9 Å². The molecule has 0 atom stereocenters. The van der Waals surface area contributed by atoms with Crippen LogP contribution < -0.4 is 4.72 Å². The minimum atomic E-state index is -3.89. The number of allylic oxidation sites excluding steroid dienone is 1. The van der Waals surface area contributed by atoms with Crippen molar-refractivity contribution in [3.63, 3.8) is 0 Å². The van der Waals surface area contributed by atoms with Gasteiger partial charge < -0.3 is 15.3 Å². The van der Waals surface area contributed by atoms with Crippen molar-refractivity contribution in [2.24, 2.45) is 0 Å². The number of sulfonamides is 1. The number of rotatable bonds is 6. The molecule has 3 aromatic rings. The molecule has 148 valence electrons. The largest absolute Gasteiger partial charge is 0.508 e. The molecule has 0 amide bonds. The quantitative estimate of drug-likeness (QED) is 0.280. The van der Waals surface area contributed by atoms with Gasteiger partial charge in [-0.15, -0.1) is 0 Å². The third-order valence-electron chi connectivity index (χ3n) is 4.01. The Morgan fingerprint density at radius 1 is 0.897 bits per heavy atom. The van der Waals surface area contributed by atoms with Crippen molar-refractivity contribution >= 4 is 27.6 Å². The molecule has 0 radical (unpaired) electrons. The fourth-order valence-electron chi connectivity index (χ4n) is 2.52. The third kappa shape index (κ3) is 4.74. The molecule has 0 aliphatic heterocycles. The maximum atomic E-state index is 12.4. The molecule has 0 unspecified atom stereocenters. The average Bonchev–Trinajstić information content (AvgIpc) is 2.69. The SMILES string of the molecule is O=C(C=Cc1cccc(O)c1O)c1cccc(NS(=O)(=O)c2ccc(O)cc2)c1. The van der Waals surface area contributed by atoms with Crippen molar-refractivity contribution in [2.75, 3.05) is 4.72 Å². The van der Waals surface area contributed by atoms with Gasteiger partial charge in [0.25, 0.3) is 10.0 Å². The molecule has 0 fully saturated rings. The van der Waals surface area contributed by atoms with Crippen LogP contribution in [-0.2, 0) is 10.0 Å². The van der Waals surface area contributed by atoms with Gasteiger partial charge in [-0.2, -0.15) is 0 Å². The Balaban J connectivity index is 1.80. The number of phenolic OH excluding ortho intramolecular Hbond substituents is 3. The summed E-state index contributed by atoms with van der Waals surface area (Å²) in [6, 6.07) is 15.3. The van der Waals surface area contributed by atoms with Crippen molar-refractivity contribution in [3.8, 4) is 17.2 Å². The highest BCUT2D eigenvalue weighted by Crippen LogP contribution is 2.29. The van der Waals surface area contributed by atoms with Crippen LogP contribution in [0.2, 0.25) is 0 Å². The monoisotopic (exact) mass is 411 g/mol. The van der Waals surface area contributed by atoms with Crippen molar-refractivity contribution in [2.45, 2.75) is 4.90 Å². The van der Waals surface area contributed by atoms with Crippen LogP contribution in [-0.4, -0.2) is 29.5 Å². The van der Waals surface area contributed by atoms with Gasteiger partial charge in [0.15, 0.2) is 17.3 Å². The van der Waals surface area contributed by atoms with E-state index >= 15 is 0 Å². The number of hydrogen-bond acceptors (Lipinski definition) is 6. The first-order valence-corrected chi connectivity index (χ1v) is 9.90. The van der Waals surface area contributed by atoms with Gasteiger partial charge >= 0.3 is 0 Å². The third-order valence-corrected chi connectivity index (χ3v) is 5.40. The topological polar surface area (TPSA) is 124 Å². The Labute approximate surface area is 167 Å². The molecule has 7 nitrogen and oxygen atoms in total. The van der Waals surface area contributed by atoms with E-state index in [9.17, 15) is 28.5 Å². The molecule has 3 rings (SSSR count). The summed E-state index contributed by atoms with van der Waals surface area (Å²) in [7, 11) is -3.89. The molecular weight excluding hydrogens is 394 g/mol. The Kier molecular flexibility index (Phi) is 5.56. The number of phenols is 3. The van der Waals surface area contributed by atoms with Crippen LogP contribution in [0.15, 0.2) is 77.7 Å². The van der Waals surface area contributed by atoms with Gasteiger partial charge in [-0.25, -0.2) is 8.42 Å². The van der Waals surface area contributed by atoms with E-state index in [1.807, 2.05) is 0 Å². The summed E-state index contributed by atoms with van der Waals surface area (Å²) in [5, 5.41) is 28.5. The van der Waals surface area contributed by atoms with Crippen molar-refractivity contribution in [1.82, 2.24) is 0 Å². The molecule has 0 aliphatic carbocycles. The van der Waals surface area contributed by atoms with Gasteiger partial charge in [0.05, 0.1) is 4.90 Å². The summed E-state index contributed by atoms with van der Waals surface area (Å²) < 4.78 is 27.2. The second kappa shape index (κ2) is 8.07. The summed E-state index contributed by atoms with van der Waals surface area (Å²) in [5.74, 6) is -1.11. The van der Waals surface area contributed by atoms with E-state index in [0.717, 1.165) is 0 Å². The number of benzene rings is 3. The van der Waals surface area contributed by atoms with Crippen LogP contribution in [0.5, 0.6) is 17.2 Å². The summed E-state index contributed by atoms with van der Waals surface area (Å²) in [4.78, 5) is 12.4. The molecule has 0 heterocycles. The molecule has 0 saturated heterocycles. The number of carbonyl (C=O) groups is 1. The molecule has 3 aromatic carbocycles. The average molecular weight is 411 g/mol. The lowest BCUT2D eigenvalue weighted by Crippen LogP contribution is -2.13. The highest BCUT2D eigenvalue weighted by molar-refractivity contribution is 7.92. The van der Waals surface area contributed by atoms with E-state index in [-0.39, 0.29) is 39.0 Å². The zero-order valence-electron chi connectivity index (χ0n) is 15.0.